The van der Waals surface area contributed by atoms with E-state index < -0.39 is 46.6 Å². The molecule has 488 valence electrons. The quantitative estimate of drug-likeness (QED) is 0.184. The van der Waals surface area contributed by atoms with Gasteiger partial charge in [0, 0.05) is 23.0 Å². The number of rotatable bonds is 12. The molecule has 2 nitrogen and oxygen atoms in total. The summed E-state index contributed by atoms with van der Waals surface area (Å²) in [5.41, 5.74) is 0.445. The van der Waals surface area contributed by atoms with Crippen LogP contribution in [0.25, 0.3) is 5.57 Å². The summed E-state index contributed by atoms with van der Waals surface area (Å²) in [6, 6.07) is 9.25. The Bertz CT molecular complexity index is 2850. The summed E-state index contributed by atoms with van der Waals surface area (Å²) in [6.45, 7) is 12.2. The number of ketones is 1. The molecule has 9 aliphatic rings. The Morgan fingerprint density at radius 1 is 0.443 bits per heavy atom. The van der Waals surface area contributed by atoms with Crippen molar-refractivity contribution in [2.45, 2.75) is 271 Å². The van der Waals surface area contributed by atoms with E-state index in [9.17, 15) is 49.4 Å². The molecule has 88 heavy (non-hydrogen) atoms. The number of hydrogen-bond acceptors (Lipinski definition) is 2. The average Bonchev–Trinajstić information content (AvgIpc) is 1.64. The fraction of sp³-hybridized carbons (Fsp3) is 0.727. The second-order valence-electron chi connectivity index (χ2n) is 30.3. The van der Waals surface area contributed by atoms with Crippen LogP contribution in [-0.2, 0) is 24.9 Å². The van der Waals surface area contributed by atoms with E-state index in [0.29, 0.717) is 69.9 Å². The van der Waals surface area contributed by atoms with Gasteiger partial charge < -0.3 is 5.11 Å². The minimum Gasteiger partial charge on any atom is -0.376 e. The number of allylic oxidation sites excluding steroid dienone is 2. The third-order valence-corrected chi connectivity index (χ3v) is 24.8. The molecule has 3 aromatic rings. The summed E-state index contributed by atoms with van der Waals surface area (Å²) in [7, 11) is 0. The molecule has 0 aromatic heterocycles. The molecule has 0 saturated heterocycles. The topological polar surface area (TPSA) is 37.3 Å². The number of aryl methyl sites for hydroxylation is 3. The summed E-state index contributed by atoms with van der Waals surface area (Å²) in [6.07, 6.45) is 27.7. The second-order valence-corrected chi connectivity index (χ2v) is 30.3. The lowest BCUT2D eigenvalue weighted by atomic mass is 9.65. The number of benzene rings is 3. The highest BCUT2D eigenvalue weighted by Crippen LogP contribution is 2.58. The molecule has 1 N–H and O–H groups in total. The Morgan fingerprint density at radius 2 is 0.807 bits per heavy atom. The number of alkyl halides is 6. The Labute approximate surface area is 522 Å². The van der Waals surface area contributed by atoms with Crippen LogP contribution in [0, 0.1) is 121 Å². The first-order valence-electron chi connectivity index (χ1n) is 35.5. The summed E-state index contributed by atoms with van der Waals surface area (Å²) in [5, 5.41) is 11.0. The zero-order valence-electron chi connectivity index (χ0n) is 54.1. The molecule has 3 atom stereocenters. The lowest BCUT2D eigenvalue weighted by Gasteiger charge is -2.42. The van der Waals surface area contributed by atoms with Crippen LogP contribution in [0.2, 0.25) is 0 Å². The van der Waals surface area contributed by atoms with Crippen molar-refractivity contribution in [1.82, 2.24) is 0 Å². The zero-order chi connectivity index (χ0) is 62.8. The molecule has 0 aliphatic heterocycles. The highest BCUT2D eigenvalue weighted by atomic mass is 19.4. The van der Waals surface area contributed by atoms with Crippen molar-refractivity contribution in [1.29, 1.82) is 0 Å². The zero-order valence-corrected chi connectivity index (χ0v) is 54.1. The van der Waals surface area contributed by atoms with Crippen molar-refractivity contribution in [3.8, 4) is 0 Å². The number of hydrogen-bond donors (Lipinski definition) is 1. The molecule has 6 saturated carbocycles. The molecule has 11 heteroatoms. The van der Waals surface area contributed by atoms with Crippen LogP contribution in [0.15, 0.2) is 42.0 Å². The minimum atomic E-state index is -4.88. The van der Waals surface area contributed by atoms with E-state index >= 15 is 0 Å². The smallest absolute Gasteiger partial charge is 0.376 e. The van der Waals surface area contributed by atoms with E-state index in [1.165, 1.54) is 153 Å². The first-order valence-corrected chi connectivity index (χ1v) is 35.5. The lowest BCUT2D eigenvalue weighted by Crippen LogP contribution is -2.49. The molecule has 3 aromatic carbocycles. The second kappa shape index (κ2) is 28.7. The van der Waals surface area contributed by atoms with Crippen LogP contribution in [0.4, 0.5) is 39.5 Å². The third kappa shape index (κ3) is 14.7. The van der Waals surface area contributed by atoms with Crippen LogP contribution in [0.1, 0.15) is 268 Å². The first-order chi connectivity index (χ1) is 42.0. The average molecular weight is 1230 g/mol. The number of aliphatic hydroxyl groups is 1. The Hall–Kier alpha value is -3.60. The predicted molar refractivity (Wildman–Crippen MR) is 336 cm³/mol. The third-order valence-electron chi connectivity index (χ3n) is 24.8. The van der Waals surface area contributed by atoms with E-state index in [1.807, 2.05) is 13.0 Å². The van der Waals surface area contributed by atoms with E-state index in [0.717, 1.165) is 97.6 Å². The summed E-state index contributed by atoms with van der Waals surface area (Å²) >= 11 is 0. The molecular weight excluding hydrogens is 1130 g/mol. The fourth-order valence-electron chi connectivity index (χ4n) is 20.4. The summed E-state index contributed by atoms with van der Waals surface area (Å²) in [5.74, 6) is 4.66. The maximum Gasteiger partial charge on any atom is 0.421 e. The van der Waals surface area contributed by atoms with E-state index in [2.05, 4.69) is 20.8 Å². The monoisotopic (exact) mass is 1230 g/mol. The predicted octanol–water partition coefficient (Wildman–Crippen LogP) is 22.8. The molecule has 0 spiro atoms. The molecule has 0 radical (unpaired) electrons. The van der Waals surface area contributed by atoms with E-state index in [1.54, 1.807) is 26.0 Å². The van der Waals surface area contributed by atoms with Gasteiger partial charge in [0.05, 0.1) is 11.1 Å². The van der Waals surface area contributed by atoms with Gasteiger partial charge in [-0.05, 0) is 284 Å². The van der Waals surface area contributed by atoms with E-state index in [4.69, 9.17) is 0 Å². The lowest BCUT2D eigenvalue weighted by molar-refractivity contribution is -0.290. The number of carbonyl (C=O) groups excluding carboxylic acids is 1. The highest BCUT2D eigenvalue weighted by Gasteiger charge is 2.66. The standard InChI is InChI=1S/C26H36F4O.C26H34F4.C25H35FO/c1-3-4-17-5-7-18(8-6-17)19-9-11-20(12-10-19)22-15-21-13-16(2)14-23(27)24(21)25(22,31)26(28,29)30;1-3-4-17-5-7-18(8-6-17)19-9-11-20(12-10-19)22-15-21-13-16(2)14-23(27)24(21)25(22)26(28,29)30;1-3-4-17-5-7-18(8-6-17)19-9-11-20(12-10-19)22-15-21-13-16(2)14-23(26)24(21)25(22)27/h13-14,17-20,22,31H,3-12,15H2,1-2H3;13-14,17-20H,3-12,15H2,1-2H3;13-14,17-20,22H,3-12,15H2,1-2H3. The van der Waals surface area contributed by atoms with Gasteiger partial charge in [0.15, 0.2) is 11.4 Å². The van der Waals surface area contributed by atoms with Gasteiger partial charge in [0.1, 0.15) is 17.5 Å². The van der Waals surface area contributed by atoms with Crippen molar-refractivity contribution < 1.29 is 49.4 Å². The van der Waals surface area contributed by atoms with Gasteiger partial charge in [0.2, 0.25) is 0 Å². The van der Waals surface area contributed by atoms with Crippen LogP contribution in [0.3, 0.4) is 0 Å². The van der Waals surface area contributed by atoms with Crippen LogP contribution < -0.4 is 0 Å². The SMILES string of the molecule is CCCC1CCC(C2CCC(C3=C(C(F)(F)F)c4c(F)cc(C)cc4C3)CC2)CC1.CCCC1CCC(C2CCC(C3Cc4cc(C)cc(F)c4C3(O)C(F)(F)F)CC2)CC1.CCCC1CCC(C2CCC(C3Cc4cc(C)cc(F)c4C3=O)CC2)CC1. The highest BCUT2D eigenvalue weighted by molar-refractivity contribution is 6.02. The van der Waals surface area contributed by atoms with Gasteiger partial charge in [-0.1, -0.05) is 116 Å². The number of Topliss-reactive ketones (excluding diaryl/α,β-unsaturated/α-hetero) is 1. The van der Waals surface area contributed by atoms with Crippen molar-refractivity contribution in [2.24, 2.45) is 82.9 Å². The number of fused-ring (bicyclic) bond motifs is 3. The number of carbonyl (C=O) groups is 1. The van der Waals surface area contributed by atoms with Crippen LogP contribution in [-0.4, -0.2) is 23.2 Å². The maximum absolute atomic E-state index is 14.6. The first kappa shape index (κ1) is 67.3. The van der Waals surface area contributed by atoms with Crippen molar-refractivity contribution >= 4 is 11.4 Å². The molecule has 0 bridgehead atoms. The molecule has 0 amide bonds. The molecule has 12 rings (SSSR count). The van der Waals surface area contributed by atoms with Crippen LogP contribution in [0.5, 0.6) is 0 Å². The Balaban J connectivity index is 0.000000146. The summed E-state index contributed by atoms with van der Waals surface area (Å²) in [4.78, 5) is 12.9. The molecule has 9 aliphatic carbocycles. The van der Waals surface area contributed by atoms with Gasteiger partial charge in [0.25, 0.3) is 0 Å². The van der Waals surface area contributed by atoms with Crippen molar-refractivity contribution in [3.05, 3.63) is 109 Å². The van der Waals surface area contributed by atoms with Gasteiger partial charge in [-0.3, -0.25) is 4.79 Å². The van der Waals surface area contributed by atoms with Gasteiger partial charge in [-0.2, -0.15) is 26.3 Å². The molecule has 3 unspecified atom stereocenters. The number of halogens is 9. The molecule has 6 fully saturated rings. The van der Waals surface area contributed by atoms with Gasteiger partial charge in [-0.25, -0.2) is 13.2 Å². The van der Waals surface area contributed by atoms with Gasteiger partial charge in [-0.15, -0.1) is 0 Å². The van der Waals surface area contributed by atoms with Gasteiger partial charge >= 0.3 is 12.4 Å². The van der Waals surface area contributed by atoms with Crippen molar-refractivity contribution in [2.75, 3.05) is 0 Å². The van der Waals surface area contributed by atoms with Crippen molar-refractivity contribution in [3.63, 3.8) is 0 Å². The Morgan fingerprint density at radius 3 is 1.23 bits per heavy atom. The fourth-order valence-corrected chi connectivity index (χ4v) is 20.4. The maximum atomic E-state index is 14.6. The van der Waals surface area contributed by atoms with E-state index in [-0.39, 0.29) is 47.8 Å². The normalized spacial score (nSPS) is 33.4. The Kier molecular flexibility index (Phi) is 22.0. The van der Waals surface area contributed by atoms with Crippen LogP contribution >= 0.6 is 0 Å². The minimum absolute atomic E-state index is 0.0394. The largest absolute Gasteiger partial charge is 0.421 e. The summed E-state index contributed by atoms with van der Waals surface area (Å²) < 4.78 is 128. The molecular formula is C77H105F9O2. The molecule has 0 heterocycles.